The highest BCUT2D eigenvalue weighted by Gasteiger charge is 2.47. The SMILES string of the molecule is CN(C)CC1Oc2ccccc2OC1(O)c1ccccc1.Cl. The summed E-state index contributed by atoms with van der Waals surface area (Å²) in [7, 11) is 3.88. The van der Waals surface area contributed by atoms with E-state index in [0.717, 1.165) is 0 Å². The number of rotatable bonds is 3. The molecule has 0 spiro atoms. The smallest absolute Gasteiger partial charge is 0.273 e. The molecular formula is C17H20ClNO3. The van der Waals surface area contributed by atoms with Crippen LogP contribution < -0.4 is 9.47 Å². The van der Waals surface area contributed by atoms with Crippen molar-refractivity contribution < 1.29 is 14.6 Å². The molecule has 0 amide bonds. The highest BCUT2D eigenvalue weighted by molar-refractivity contribution is 5.85. The van der Waals surface area contributed by atoms with Gasteiger partial charge in [0.15, 0.2) is 17.6 Å². The molecule has 0 saturated heterocycles. The number of fused-ring (bicyclic) bond motifs is 1. The molecule has 22 heavy (non-hydrogen) atoms. The van der Waals surface area contributed by atoms with Crippen LogP contribution in [0.1, 0.15) is 5.56 Å². The summed E-state index contributed by atoms with van der Waals surface area (Å²) in [5.74, 6) is -0.288. The number of aliphatic hydroxyl groups is 1. The molecule has 2 aromatic carbocycles. The van der Waals surface area contributed by atoms with Crippen LogP contribution in [0.2, 0.25) is 0 Å². The van der Waals surface area contributed by atoms with Crippen LogP contribution in [-0.4, -0.2) is 36.8 Å². The fourth-order valence-corrected chi connectivity index (χ4v) is 2.51. The van der Waals surface area contributed by atoms with Gasteiger partial charge in [-0.3, -0.25) is 0 Å². The minimum absolute atomic E-state index is 0. The van der Waals surface area contributed by atoms with Crippen LogP contribution in [0.4, 0.5) is 0 Å². The Hall–Kier alpha value is -1.75. The van der Waals surface area contributed by atoms with E-state index >= 15 is 0 Å². The highest BCUT2D eigenvalue weighted by Crippen LogP contribution is 2.41. The molecule has 1 aliphatic heterocycles. The van der Waals surface area contributed by atoms with Gasteiger partial charge in [0.25, 0.3) is 5.79 Å². The lowest BCUT2D eigenvalue weighted by molar-refractivity contribution is -0.224. The summed E-state index contributed by atoms with van der Waals surface area (Å²) in [4.78, 5) is 1.97. The number of para-hydroxylation sites is 2. The number of nitrogens with zero attached hydrogens (tertiary/aromatic N) is 1. The molecule has 0 fully saturated rings. The van der Waals surface area contributed by atoms with E-state index in [4.69, 9.17) is 9.47 Å². The molecule has 0 radical (unpaired) electrons. The molecule has 1 aliphatic rings. The summed E-state index contributed by atoms with van der Waals surface area (Å²) in [6.07, 6.45) is -0.509. The number of hydrogen-bond acceptors (Lipinski definition) is 4. The maximum absolute atomic E-state index is 11.1. The van der Waals surface area contributed by atoms with Gasteiger partial charge in [-0.25, -0.2) is 0 Å². The molecule has 1 heterocycles. The van der Waals surface area contributed by atoms with Gasteiger partial charge in [0.1, 0.15) is 0 Å². The minimum Gasteiger partial charge on any atom is -0.478 e. The minimum atomic E-state index is -1.50. The van der Waals surface area contributed by atoms with Crippen LogP contribution in [0.25, 0.3) is 0 Å². The Kier molecular flexibility index (Phi) is 4.96. The third-order valence-corrected chi connectivity index (χ3v) is 3.54. The fourth-order valence-electron chi connectivity index (χ4n) is 2.51. The zero-order valence-electron chi connectivity index (χ0n) is 12.6. The van der Waals surface area contributed by atoms with Crippen molar-refractivity contribution in [3.63, 3.8) is 0 Å². The Morgan fingerprint density at radius 1 is 1.00 bits per heavy atom. The zero-order valence-corrected chi connectivity index (χ0v) is 13.4. The quantitative estimate of drug-likeness (QED) is 0.943. The highest BCUT2D eigenvalue weighted by atomic mass is 35.5. The van der Waals surface area contributed by atoms with Crippen molar-refractivity contribution in [2.75, 3.05) is 20.6 Å². The number of ether oxygens (including phenoxy) is 2. The van der Waals surface area contributed by atoms with Crippen molar-refractivity contribution in [2.24, 2.45) is 0 Å². The Labute approximate surface area is 136 Å². The van der Waals surface area contributed by atoms with Crippen LogP contribution in [-0.2, 0) is 5.79 Å². The van der Waals surface area contributed by atoms with Gasteiger partial charge in [0.05, 0.1) is 0 Å². The van der Waals surface area contributed by atoms with Crippen molar-refractivity contribution >= 4 is 12.4 Å². The van der Waals surface area contributed by atoms with Crippen LogP contribution in [0, 0.1) is 0 Å². The van der Waals surface area contributed by atoms with Gasteiger partial charge in [-0.1, -0.05) is 42.5 Å². The molecule has 2 atom stereocenters. The largest absolute Gasteiger partial charge is 0.478 e. The first-order valence-electron chi connectivity index (χ1n) is 6.97. The van der Waals surface area contributed by atoms with Gasteiger partial charge in [-0.05, 0) is 26.2 Å². The summed E-state index contributed by atoms with van der Waals surface area (Å²) < 4.78 is 11.9. The molecule has 1 N–H and O–H groups in total. The molecule has 2 unspecified atom stereocenters. The van der Waals surface area contributed by atoms with E-state index in [1.807, 2.05) is 67.5 Å². The lowest BCUT2D eigenvalue weighted by Gasteiger charge is -2.41. The van der Waals surface area contributed by atoms with E-state index in [1.165, 1.54) is 0 Å². The predicted molar refractivity (Wildman–Crippen MR) is 87.6 cm³/mol. The Balaban J connectivity index is 0.00000176. The molecule has 5 heteroatoms. The average molecular weight is 322 g/mol. The summed E-state index contributed by atoms with van der Waals surface area (Å²) in [5, 5.41) is 11.1. The maximum Gasteiger partial charge on any atom is 0.273 e. The molecule has 0 aliphatic carbocycles. The second kappa shape index (κ2) is 6.57. The normalized spacial score (nSPS) is 23.0. The van der Waals surface area contributed by atoms with Crippen LogP contribution in [0.15, 0.2) is 54.6 Å². The number of hydrogen-bond donors (Lipinski definition) is 1. The Bertz CT molecular complexity index is 620. The van der Waals surface area contributed by atoms with Gasteiger partial charge in [0.2, 0.25) is 0 Å². The number of halogens is 1. The van der Waals surface area contributed by atoms with Crippen molar-refractivity contribution in [2.45, 2.75) is 11.9 Å². The first-order chi connectivity index (χ1) is 10.1. The first kappa shape index (κ1) is 16.6. The van der Waals surface area contributed by atoms with Crippen molar-refractivity contribution in [1.82, 2.24) is 4.90 Å². The van der Waals surface area contributed by atoms with Gasteiger partial charge in [0, 0.05) is 12.1 Å². The summed E-state index contributed by atoms with van der Waals surface area (Å²) >= 11 is 0. The summed E-state index contributed by atoms with van der Waals surface area (Å²) in [6, 6.07) is 16.8. The van der Waals surface area contributed by atoms with Gasteiger partial charge < -0.3 is 19.5 Å². The third kappa shape index (κ3) is 3.04. The topological polar surface area (TPSA) is 41.9 Å². The van der Waals surface area contributed by atoms with Gasteiger partial charge in [-0.2, -0.15) is 0 Å². The molecule has 118 valence electrons. The van der Waals surface area contributed by atoms with Crippen molar-refractivity contribution in [3.8, 4) is 11.5 Å². The molecule has 4 nitrogen and oxygen atoms in total. The van der Waals surface area contributed by atoms with Gasteiger partial charge in [-0.15, -0.1) is 12.4 Å². The van der Waals surface area contributed by atoms with E-state index in [2.05, 4.69) is 0 Å². The number of likely N-dealkylation sites (N-methyl/N-ethyl adjacent to an activating group) is 1. The van der Waals surface area contributed by atoms with Crippen LogP contribution in [0.3, 0.4) is 0 Å². The van der Waals surface area contributed by atoms with Crippen molar-refractivity contribution in [1.29, 1.82) is 0 Å². The zero-order chi connectivity index (χ0) is 14.9. The van der Waals surface area contributed by atoms with E-state index in [9.17, 15) is 5.11 Å². The average Bonchev–Trinajstić information content (AvgIpc) is 2.48. The maximum atomic E-state index is 11.1. The molecule has 3 rings (SSSR count). The summed E-state index contributed by atoms with van der Waals surface area (Å²) in [5.41, 5.74) is 0.686. The fraction of sp³-hybridized carbons (Fsp3) is 0.294. The van der Waals surface area contributed by atoms with Crippen LogP contribution in [0.5, 0.6) is 11.5 Å². The number of benzene rings is 2. The second-order valence-electron chi connectivity index (χ2n) is 5.48. The molecular weight excluding hydrogens is 302 g/mol. The third-order valence-electron chi connectivity index (χ3n) is 3.54. The molecule has 0 saturated carbocycles. The van der Waals surface area contributed by atoms with Crippen molar-refractivity contribution in [3.05, 3.63) is 60.2 Å². The van der Waals surface area contributed by atoms with E-state index in [-0.39, 0.29) is 12.4 Å². The van der Waals surface area contributed by atoms with Crippen LogP contribution >= 0.6 is 12.4 Å². The Morgan fingerprint density at radius 3 is 2.23 bits per heavy atom. The lowest BCUT2D eigenvalue weighted by Crippen LogP contribution is -2.54. The molecule has 0 bridgehead atoms. The monoisotopic (exact) mass is 321 g/mol. The molecule has 2 aromatic rings. The van der Waals surface area contributed by atoms with E-state index in [1.54, 1.807) is 6.07 Å². The second-order valence-corrected chi connectivity index (χ2v) is 5.48. The lowest BCUT2D eigenvalue weighted by atomic mass is 9.98. The standard InChI is InChI=1S/C17H19NO3.ClH/c1-18(2)12-16-17(19,13-8-4-3-5-9-13)21-15-11-7-6-10-14(15)20-16;/h3-11,16,19H,12H2,1-2H3;1H. The molecule has 0 aromatic heterocycles. The van der Waals surface area contributed by atoms with E-state index < -0.39 is 11.9 Å². The summed E-state index contributed by atoms with van der Waals surface area (Å²) in [6.45, 7) is 0.541. The van der Waals surface area contributed by atoms with E-state index in [0.29, 0.717) is 23.6 Å². The predicted octanol–water partition coefficient (Wildman–Crippen LogP) is 2.66. The Morgan fingerprint density at radius 2 is 1.59 bits per heavy atom. The van der Waals surface area contributed by atoms with Gasteiger partial charge >= 0.3 is 0 Å². The first-order valence-corrected chi connectivity index (χ1v) is 6.97.